The van der Waals surface area contributed by atoms with Gasteiger partial charge in [-0.15, -0.1) is 0 Å². The zero-order valence-electron chi connectivity index (χ0n) is 9.23. The van der Waals surface area contributed by atoms with E-state index in [0.29, 0.717) is 4.90 Å². The van der Waals surface area contributed by atoms with Crippen molar-refractivity contribution in [3.63, 3.8) is 0 Å². The topological polar surface area (TPSA) is 172 Å². The molecule has 11 heteroatoms. The monoisotopic (exact) mass is 257 g/mol. The number of nitrogens with zero attached hydrogens (tertiary/aromatic N) is 7. The second-order valence-corrected chi connectivity index (χ2v) is 3.18. The van der Waals surface area contributed by atoms with Crippen molar-refractivity contribution in [1.82, 2.24) is 15.0 Å². The predicted molar refractivity (Wildman–Crippen MR) is 57.0 cm³/mol. The van der Waals surface area contributed by atoms with Crippen LogP contribution in [0.2, 0.25) is 0 Å². The smallest absolute Gasteiger partial charge is 0.238 e. The number of hydrogen-bond donors (Lipinski definition) is 4. The Morgan fingerprint density at radius 1 is 1.33 bits per heavy atom. The highest BCUT2D eigenvalue weighted by molar-refractivity contribution is 5.34. The molecule has 0 aromatic carbocycles. The van der Waals surface area contributed by atoms with Gasteiger partial charge in [0.1, 0.15) is 6.33 Å². The predicted octanol–water partition coefficient (Wildman–Crippen LogP) is -1.41. The van der Waals surface area contributed by atoms with Crippen molar-refractivity contribution in [3.8, 4) is 0 Å². The Balaban J connectivity index is 3.13. The SMILES string of the molecule is CC(C(O)O)N(c1ncnc(N=[N+]=[N-])n1)C(O)O. The van der Waals surface area contributed by atoms with E-state index in [9.17, 15) is 0 Å². The number of hydrogen-bond acceptors (Lipinski definition) is 9. The summed E-state index contributed by atoms with van der Waals surface area (Å²) in [5.74, 6) is -0.559. The van der Waals surface area contributed by atoms with Crippen LogP contribution in [0.3, 0.4) is 0 Å². The molecule has 1 aromatic heterocycles. The number of aromatic nitrogens is 3. The van der Waals surface area contributed by atoms with Gasteiger partial charge < -0.3 is 20.4 Å². The van der Waals surface area contributed by atoms with E-state index < -0.39 is 18.7 Å². The first-order valence-electron chi connectivity index (χ1n) is 4.72. The average molecular weight is 257 g/mol. The molecule has 4 N–H and O–H groups in total. The molecular formula is C7H11N7O4. The molecule has 0 saturated carbocycles. The second-order valence-electron chi connectivity index (χ2n) is 3.18. The molecule has 0 aliphatic carbocycles. The first-order chi connectivity index (χ1) is 8.47. The summed E-state index contributed by atoms with van der Waals surface area (Å²) >= 11 is 0. The van der Waals surface area contributed by atoms with Crippen molar-refractivity contribution < 1.29 is 20.4 Å². The zero-order chi connectivity index (χ0) is 13.7. The fraction of sp³-hybridized carbons (Fsp3) is 0.571. The average Bonchev–Trinajstić information content (AvgIpc) is 2.29. The minimum Gasteiger partial charge on any atom is -0.366 e. The molecule has 0 spiro atoms. The van der Waals surface area contributed by atoms with Gasteiger partial charge >= 0.3 is 0 Å². The number of aliphatic hydroxyl groups excluding tert-OH is 2. The maximum absolute atomic E-state index is 9.16. The van der Waals surface area contributed by atoms with E-state index in [4.69, 9.17) is 26.0 Å². The van der Waals surface area contributed by atoms with Crippen LogP contribution in [-0.4, -0.2) is 54.1 Å². The lowest BCUT2D eigenvalue weighted by Gasteiger charge is -2.31. The van der Waals surface area contributed by atoms with Gasteiger partial charge in [0.05, 0.1) is 6.04 Å². The maximum atomic E-state index is 9.16. The summed E-state index contributed by atoms with van der Waals surface area (Å²) in [6.45, 7) is 1.31. The zero-order valence-corrected chi connectivity index (χ0v) is 9.23. The third-order valence-electron chi connectivity index (χ3n) is 2.03. The quantitative estimate of drug-likeness (QED) is 0.215. The van der Waals surface area contributed by atoms with E-state index in [1.165, 1.54) is 6.92 Å². The van der Waals surface area contributed by atoms with Crippen LogP contribution in [0.15, 0.2) is 11.4 Å². The Morgan fingerprint density at radius 2 is 2.00 bits per heavy atom. The number of aliphatic hydroxyl groups is 4. The molecule has 18 heavy (non-hydrogen) atoms. The molecule has 0 bridgehead atoms. The molecule has 1 unspecified atom stereocenters. The van der Waals surface area contributed by atoms with Gasteiger partial charge in [-0.05, 0) is 17.6 Å². The highest BCUT2D eigenvalue weighted by Crippen LogP contribution is 2.16. The summed E-state index contributed by atoms with van der Waals surface area (Å²) in [4.78, 5) is 13.9. The minimum atomic E-state index is -2.07. The van der Waals surface area contributed by atoms with E-state index >= 15 is 0 Å². The summed E-state index contributed by atoms with van der Waals surface area (Å²) in [7, 11) is 0. The van der Waals surface area contributed by atoms with E-state index in [1.807, 2.05) is 0 Å². The van der Waals surface area contributed by atoms with Crippen LogP contribution < -0.4 is 4.90 Å². The van der Waals surface area contributed by atoms with Crippen molar-refractivity contribution in [3.05, 3.63) is 16.8 Å². The van der Waals surface area contributed by atoms with Gasteiger partial charge in [-0.2, -0.15) is 4.98 Å². The third kappa shape index (κ3) is 3.23. The Morgan fingerprint density at radius 3 is 2.50 bits per heavy atom. The first-order valence-corrected chi connectivity index (χ1v) is 4.72. The van der Waals surface area contributed by atoms with Crippen LogP contribution in [0.1, 0.15) is 6.92 Å². The van der Waals surface area contributed by atoms with Gasteiger partial charge in [0.25, 0.3) is 0 Å². The van der Waals surface area contributed by atoms with Gasteiger partial charge in [0.2, 0.25) is 18.3 Å². The molecule has 0 aliphatic heterocycles. The summed E-state index contributed by atoms with van der Waals surface area (Å²) in [5.41, 5.74) is 8.22. The van der Waals surface area contributed by atoms with Crippen molar-refractivity contribution in [1.29, 1.82) is 0 Å². The van der Waals surface area contributed by atoms with Crippen LogP contribution in [0.4, 0.5) is 11.9 Å². The van der Waals surface area contributed by atoms with Crippen LogP contribution in [0, 0.1) is 0 Å². The molecular weight excluding hydrogens is 246 g/mol. The molecule has 0 radical (unpaired) electrons. The van der Waals surface area contributed by atoms with E-state index in [-0.39, 0.29) is 11.9 Å². The third-order valence-corrected chi connectivity index (χ3v) is 2.03. The van der Waals surface area contributed by atoms with E-state index in [2.05, 4.69) is 25.0 Å². The van der Waals surface area contributed by atoms with Crippen molar-refractivity contribution in [2.75, 3.05) is 4.90 Å². The molecule has 0 amide bonds. The van der Waals surface area contributed by atoms with Gasteiger partial charge in [0, 0.05) is 4.91 Å². The largest absolute Gasteiger partial charge is 0.366 e. The molecule has 1 atom stereocenters. The lowest BCUT2D eigenvalue weighted by Crippen LogP contribution is -2.48. The normalized spacial score (nSPS) is 12.4. The van der Waals surface area contributed by atoms with Crippen molar-refractivity contribution >= 4 is 11.9 Å². The van der Waals surface area contributed by atoms with Gasteiger partial charge in [-0.3, -0.25) is 4.90 Å². The van der Waals surface area contributed by atoms with E-state index in [0.717, 1.165) is 6.33 Å². The maximum Gasteiger partial charge on any atom is 0.238 e. The summed E-state index contributed by atoms with van der Waals surface area (Å²) in [5, 5.41) is 39.5. The highest BCUT2D eigenvalue weighted by Gasteiger charge is 2.27. The molecule has 98 valence electrons. The second kappa shape index (κ2) is 6.05. The van der Waals surface area contributed by atoms with Crippen molar-refractivity contribution in [2.45, 2.75) is 25.7 Å². The van der Waals surface area contributed by atoms with Crippen LogP contribution in [-0.2, 0) is 0 Å². The number of anilines is 1. The molecule has 0 aliphatic rings. The summed E-state index contributed by atoms with van der Waals surface area (Å²) < 4.78 is 0. The summed E-state index contributed by atoms with van der Waals surface area (Å²) in [6, 6.07) is -1.11. The van der Waals surface area contributed by atoms with Crippen LogP contribution in [0.5, 0.6) is 0 Å². The summed E-state index contributed by atoms with van der Waals surface area (Å²) in [6.07, 6.45) is -2.94. The molecule has 1 heterocycles. The first kappa shape index (κ1) is 14.0. The Labute approximate surface area is 101 Å². The lowest BCUT2D eigenvalue weighted by molar-refractivity contribution is -0.0954. The Bertz CT molecular complexity index is 447. The Hall–Kier alpha value is -2.04. The van der Waals surface area contributed by atoms with Crippen molar-refractivity contribution in [2.24, 2.45) is 5.11 Å². The minimum absolute atomic E-state index is 0.275. The number of rotatable bonds is 5. The fourth-order valence-electron chi connectivity index (χ4n) is 1.13. The Kier molecular flexibility index (Phi) is 4.71. The lowest BCUT2D eigenvalue weighted by atomic mass is 10.3. The highest BCUT2D eigenvalue weighted by atomic mass is 16.5. The molecule has 11 nitrogen and oxygen atoms in total. The van der Waals surface area contributed by atoms with Crippen LogP contribution >= 0.6 is 0 Å². The molecule has 1 aromatic rings. The van der Waals surface area contributed by atoms with Gasteiger partial charge in [-0.1, -0.05) is 0 Å². The molecule has 0 fully saturated rings. The van der Waals surface area contributed by atoms with Crippen LogP contribution in [0.25, 0.3) is 10.4 Å². The number of azide groups is 1. The van der Waals surface area contributed by atoms with Gasteiger partial charge in [0.15, 0.2) is 6.29 Å². The van der Waals surface area contributed by atoms with E-state index in [1.54, 1.807) is 0 Å². The molecule has 1 rings (SSSR count). The standard InChI is InChI=1S/C7H11N7O4/c1-3(4(15)16)14(7(17)18)6-10-2-9-5(11-6)12-13-8/h2-4,7,15-18H,1H3. The fourth-order valence-corrected chi connectivity index (χ4v) is 1.13. The van der Waals surface area contributed by atoms with Gasteiger partial charge in [-0.25, -0.2) is 9.97 Å². The molecule has 0 saturated heterocycles.